The topological polar surface area (TPSA) is 29.5 Å². The van der Waals surface area contributed by atoms with Crippen molar-refractivity contribution in [1.82, 2.24) is 0 Å². The molecule has 1 amide bonds. The fourth-order valence-corrected chi connectivity index (χ4v) is 3.11. The van der Waals surface area contributed by atoms with Crippen LogP contribution in [0.3, 0.4) is 0 Å². The van der Waals surface area contributed by atoms with Gasteiger partial charge in [0, 0.05) is 18.8 Å². The zero-order chi connectivity index (χ0) is 13.2. The van der Waals surface area contributed by atoms with Crippen LogP contribution >= 0.6 is 0 Å². The van der Waals surface area contributed by atoms with Crippen LogP contribution in [0.15, 0.2) is 18.2 Å². The quantitative estimate of drug-likeness (QED) is 0.776. The minimum Gasteiger partial charge on any atom is -0.381 e. The molecule has 0 spiro atoms. The van der Waals surface area contributed by atoms with E-state index >= 15 is 0 Å². The highest BCUT2D eigenvalue weighted by atomic mass is 16.5. The maximum Gasteiger partial charge on any atom is 0.232 e. The Labute approximate surface area is 114 Å². The van der Waals surface area contributed by atoms with E-state index in [-0.39, 0.29) is 11.8 Å². The Morgan fingerprint density at radius 2 is 2.26 bits per heavy atom. The maximum atomic E-state index is 12.6. The first-order valence-electron chi connectivity index (χ1n) is 7.24. The summed E-state index contributed by atoms with van der Waals surface area (Å²) in [6.07, 6.45) is 4.12. The summed E-state index contributed by atoms with van der Waals surface area (Å²) in [6.45, 7) is 4.36. The number of benzene rings is 1. The lowest BCUT2D eigenvalue weighted by atomic mass is 9.95. The molecule has 19 heavy (non-hydrogen) atoms. The van der Waals surface area contributed by atoms with Crippen LogP contribution in [0.25, 0.3) is 0 Å². The summed E-state index contributed by atoms with van der Waals surface area (Å²) in [5.74, 6) is 0.311. The third kappa shape index (κ3) is 2.52. The van der Waals surface area contributed by atoms with Crippen LogP contribution in [-0.4, -0.2) is 25.7 Å². The van der Waals surface area contributed by atoms with Gasteiger partial charge in [0.1, 0.15) is 0 Å². The fourth-order valence-electron chi connectivity index (χ4n) is 3.11. The molecule has 0 saturated carbocycles. The van der Waals surface area contributed by atoms with Crippen LogP contribution in [0.2, 0.25) is 0 Å². The Kier molecular flexibility index (Phi) is 3.56. The Morgan fingerprint density at radius 1 is 1.37 bits per heavy atom. The lowest BCUT2D eigenvalue weighted by molar-refractivity contribution is -0.126. The second kappa shape index (κ2) is 5.33. The monoisotopic (exact) mass is 259 g/mol. The van der Waals surface area contributed by atoms with Crippen molar-refractivity contribution in [1.29, 1.82) is 0 Å². The largest absolute Gasteiger partial charge is 0.381 e. The Balaban J connectivity index is 1.84. The van der Waals surface area contributed by atoms with Crippen molar-refractivity contribution in [2.24, 2.45) is 5.92 Å². The number of nitrogens with zero attached hydrogens (tertiary/aromatic N) is 1. The van der Waals surface area contributed by atoms with Crippen molar-refractivity contribution >= 4 is 11.6 Å². The van der Waals surface area contributed by atoms with Crippen LogP contribution in [0, 0.1) is 12.8 Å². The maximum absolute atomic E-state index is 12.6. The van der Waals surface area contributed by atoms with Crippen molar-refractivity contribution < 1.29 is 9.53 Å². The number of fused-ring (bicyclic) bond motifs is 1. The molecular formula is C16H21NO2. The van der Waals surface area contributed by atoms with Gasteiger partial charge in [-0.3, -0.25) is 4.79 Å². The van der Waals surface area contributed by atoms with Gasteiger partial charge in [-0.25, -0.2) is 0 Å². The number of anilines is 1. The van der Waals surface area contributed by atoms with E-state index < -0.39 is 0 Å². The van der Waals surface area contributed by atoms with Crippen LogP contribution < -0.4 is 4.90 Å². The van der Waals surface area contributed by atoms with Crippen molar-refractivity contribution in [3.8, 4) is 0 Å². The van der Waals surface area contributed by atoms with E-state index in [0.717, 1.165) is 44.5 Å². The van der Waals surface area contributed by atoms with Gasteiger partial charge in [-0.2, -0.15) is 0 Å². The molecule has 2 aliphatic heterocycles. The highest BCUT2D eigenvalue weighted by molar-refractivity contribution is 5.96. The van der Waals surface area contributed by atoms with Gasteiger partial charge in [0.15, 0.2) is 0 Å². The highest BCUT2D eigenvalue weighted by Crippen LogP contribution is 2.30. The van der Waals surface area contributed by atoms with Crippen molar-refractivity contribution in [2.75, 3.05) is 24.7 Å². The first-order valence-corrected chi connectivity index (χ1v) is 7.24. The summed E-state index contributed by atoms with van der Waals surface area (Å²) in [6, 6.07) is 6.42. The number of aryl methyl sites for hydroxylation is 2. The summed E-state index contributed by atoms with van der Waals surface area (Å²) in [7, 11) is 0. The average molecular weight is 259 g/mol. The van der Waals surface area contributed by atoms with E-state index in [0.29, 0.717) is 6.61 Å². The number of rotatable bonds is 1. The molecule has 3 heteroatoms. The van der Waals surface area contributed by atoms with Gasteiger partial charge in [-0.1, -0.05) is 17.7 Å². The van der Waals surface area contributed by atoms with E-state index in [4.69, 9.17) is 4.74 Å². The normalized spacial score (nSPS) is 23.0. The Bertz CT molecular complexity index is 478. The number of carbonyl (C=O) groups excluding carboxylic acids is 1. The second-order valence-corrected chi connectivity index (χ2v) is 5.64. The molecule has 0 radical (unpaired) electrons. The molecule has 0 aromatic heterocycles. The summed E-state index contributed by atoms with van der Waals surface area (Å²) in [5.41, 5.74) is 3.71. The van der Waals surface area contributed by atoms with E-state index in [1.807, 2.05) is 4.90 Å². The minimum atomic E-state index is 0.0565. The van der Waals surface area contributed by atoms with E-state index in [9.17, 15) is 4.79 Å². The van der Waals surface area contributed by atoms with E-state index in [2.05, 4.69) is 25.1 Å². The second-order valence-electron chi connectivity index (χ2n) is 5.64. The van der Waals surface area contributed by atoms with Crippen LogP contribution in [0.4, 0.5) is 5.69 Å². The molecule has 0 bridgehead atoms. The first kappa shape index (κ1) is 12.7. The van der Waals surface area contributed by atoms with Crippen molar-refractivity contribution in [3.63, 3.8) is 0 Å². The van der Waals surface area contributed by atoms with Crippen LogP contribution in [0.1, 0.15) is 30.4 Å². The molecule has 2 heterocycles. The number of hydrogen-bond donors (Lipinski definition) is 0. The zero-order valence-corrected chi connectivity index (χ0v) is 11.5. The number of hydrogen-bond acceptors (Lipinski definition) is 2. The third-order valence-corrected chi connectivity index (χ3v) is 4.13. The molecule has 0 N–H and O–H groups in total. The molecular weight excluding hydrogens is 238 g/mol. The van der Waals surface area contributed by atoms with Crippen LogP contribution in [-0.2, 0) is 16.0 Å². The Hall–Kier alpha value is -1.35. The SMILES string of the molecule is Cc1ccc2c(c1)CCCN2C(=O)[C@@H]1CCCOC1. The molecule has 1 fully saturated rings. The molecule has 0 unspecified atom stereocenters. The molecule has 0 aliphatic carbocycles. The van der Waals surface area contributed by atoms with Gasteiger partial charge in [-0.15, -0.1) is 0 Å². The third-order valence-electron chi connectivity index (χ3n) is 4.13. The van der Waals surface area contributed by atoms with E-state index in [1.165, 1.54) is 11.1 Å². The molecule has 1 aromatic rings. The number of ether oxygens (including phenoxy) is 1. The van der Waals surface area contributed by atoms with Crippen LogP contribution in [0.5, 0.6) is 0 Å². The molecule has 1 aromatic carbocycles. The fraction of sp³-hybridized carbons (Fsp3) is 0.562. The van der Waals surface area contributed by atoms with Crippen molar-refractivity contribution in [3.05, 3.63) is 29.3 Å². The standard InChI is InChI=1S/C16H21NO2/c1-12-6-7-15-13(10-12)4-2-8-17(15)16(18)14-5-3-9-19-11-14/h6-7,10,14H,2-5,8-9,11H2,1H3/t14-/m1/s1. The molecule has 3 rings (SSSR count). The Morgan fingerprint density at radius 3 is 3.05 bits per heavy atom. The van der Waals surface area contributed by atoms with Crippen molar-refractivity contribution in [2.45, 2.75) is 32.6 Å². The summed E-state index contributed by atoms with van der Waals surface area (Å²) in [5, 5.41) is 0. The number of carbonyl (C=O) groups is 1. The minimum absolute atomic E-state index is 0.0565. The van der Waals surface area contributed by atoms with E-state index in [1.54, 1.807) is 0 Å². The van der Waals surface area contributed by atoms with Gasteiger partial charge in [0.05, 0.1) is 12.5 Å². The zero-order valence-electron chi connectivity index (χ0n) is 11.5. The molecule has 3 nitrogen and oxygen atoms in total. The summed E-state index contributed by atoms with van der Waals surface area (Å²) < 4.78 is 5.45. The molecule has 1 atom stereocenters. The molecule has 1 saturated heterocycles. The molecule has 2 aliphatic rings. The lowest BCUT2D eigenvalue weighted by Crippen LogP contribution is -2.42. The summed E-state index contributed by atoms with van der Waals surface area (Å²) in [4.78, 5) is 14.6. The number of amides is 1. The van der Waals surface area contributed by atoms with Gasteiger partial charge in [0.2, 0.25) is 5.91 Å². The average Bonchev–Trinajstić information content (AvgIpc) is 2.46. The van der Waals surface area contributed by atoms with Gasteiger partial charge in [0.25, 0.3) is 0 Å². The van der Waals surface area contributed by atoms with Gasteiger partial charge >= 0.3 is 0 Å². The predicted molar refractivity (Wildman–Crippen MR) is 75.4 cm³/mol. The van der Waals surface area contributed by atoms with Gasteiger partial charge in [-0.05, 0) is 44.2 Å². The van der Waals surface area contributed by atoms with Gasteiger partial charge < -0.3 is 9.64 Å². The molecule has 102 valence electrons. The smallest absolute Gasteiger partial charge is 0.232 e. The predicted octanol–water partition coefficient (Wildman–Crippen LogP) is 2.70. The summed E-state index contributed by atoms with van der Waals surface area (Å²) >= 11 is 0. The first-order chi connectivity index (χ1) is 9.25. The highest BCUT2D eigenvalue weighted by Gasteiger charge is 2.29. The lowest BCUT2D eigenvalue weighted by Gasteiger charge is -2.33.